The van der Waals surface area contributed by atoms with E-state index in [1.165, 1.54) is 11.3 Å². The molecule has 25 heavy (non-hydrogen) atoms. The number of hydrogen-bond donors (Lipinski definition) is 2. The van der Waals surface area contributed by atoms with Crippen LogP contribution in [0.1, 0.15) is 26.5 Å². The zero-order valence-corrected chi connectivity index (χ0v) is 15.5. The fourth-order valence-electron chi connectivity index (χ4n) is 2.30. The van der Waals surface area contributed by atoms with Crippen LogP contribution in [0.3, 0.4) is 0 Å². The lowest BCUT2D eigenvalue weighted by Crippen LogP contribution is -2.27. The molecule has 0 bridgehead atoms. The summed E-state index contributed by atoms with van der Waals surface area (Å²) in [5, 5.41) is 7.57. The van der Waals surface area contributed by atoms with Gasteiger partial charge in [-0.1, -0.05) is 6.07 Å². The summed E-state index contributed by atoms with van der Waals surface area (Å²) in [4.78, 5) is 27.2. The van der Waals surface area contributed by atoms with Gasteiger partial charge >= 0.3 is 0 Å². The van der Waals surface area contributed by atoms with E-state index in [-0.39, 0.29) is 11.8 Å². The van der Waals surface area contributed by atoms with Gasteiger partial charge in [0.05, 0.1) is 10.4 Å². The van der Waals surface area contributed by atoms with Gasteiger partial charge in [0.15, 0.2) is 0 Å². The van der Waals surface area contributed by atoms with E-state index in [4.69, 9.17) is 4.74 Å². The molecule has 0 fully saturated rings. The van der Waals surface area contributed by atoms with Gasteiger partial charge in [-0.05, 0) is 36.1 Å². The molecule has 2 N–H and O–H groups in total. The summed E-state index contributed by atoms with van der Waals surface area (Å²) in [6, 6.07) is 8.91. The molecule has 0 spiro atoms. The highest BCUT2D eigenvalue weighted by atomic mass is 32.1. The normalized spacial score (nSPS) is 10.4. The van der Waals surface area contributed by atoms with Crippen LogP contribution < -0.4 is 15.5 Å². The number of benzene rings is 1. The lowest BCUT2D eigenvalue weighted by molar-refractivity contribution is 0.0947. The third-order valence-electron chi connectivity index (χ3n) is 3.54. The van der Waals surface area contributed by atoms with Crippen LogP contribution in [0.2, 0.25) is 0 Å². The number of rotatable bonds is 8. The van der Waals surface area contributed by atoms with Crippen molar-refractivity contribution in [3.63, 3.8) is 0 Å². The molecular weight excluding hydrogens is 338 g/mol. The van der Waals surface area contributed by atoms with E-state index in [1.807, 2.05) is 36.5 Å². The molecule has 0 radical (unpaired) electrons. The summed E-state index contributed by atoms with van der Waals surface area (Å²) < 4.78 is 4.98. The van der Waals surface area contributed by atoms with Crippen molar-refractivity contribution >= 4 is 34.5 Å². The Bertz CT molecular complexity index is 714. The summed E-state index contributed by atoms with van der Waals surface area (Å²) in [5.41, 5.74) is 1.90. The molecular formula is C18H23N3O3S. The second kappa shape index (κ2) is 9.19. The Morgan fingerprint density at radius 3 is 2.64 bits per heavy atom. The highest BCUT2D eigenvalue weighted by Gasteiger charge is 2.15. The van der Waals surface area contributed by atoms with Gasteiger partial charge in [0.25, 0.3) is 11.8 Å². The van der Waals surface area contributed by atoms with Crippen LogP contribution in [0.5, 0.6) is 0 Å². The number of ether oxygens (including phenoxy) is 1. The number of anilines is 2. The highest BCUT2D eigenvalue weighted by Crippen LogP contribution is 2.24. The minimum Gasteiger partial charge on any atom is -0.385 e. The van der Waals surface area contributed by atoms with E-state index in [9.17, 15) is 9.59 Å². The van der Waals surface area contributed by atoms with Crippen LogP contribution in [0.25, 0.3) is 0 Å². The van der Waals surface area contributed by atoms with E-state index in [2.05, 4.69) is 10.6 Å². The second-order valence-electron chi connectivity index (χ2n) is 5.66. The van der Waals surface area contributed by atoms with Crippen molar-refractivity contribution in [2.75, 3.05) is 44.6 Å². The number of hydrogen-bond acceptors (Lipinski definition) is 5. The van der Waals surface area contributed by atoms with Crippen molar-refractivity contribution in [3.05, 3.63) is 46.2 Å². The lowest BCUT2D eigenvalue weighted by Gasteiger charge is -2.18. The van der Waals surface area contributed by atoms with Gasteiger partial charge in [-0.25, -0.2) is 0 Å². The molecule has 0 aliphatic rings. The molecule has 0 atom stereocenters. The van der Waals surface area contributed by atoms with Gasteiger partial charge in [0, 0.05) is 45.7 Å². The molecule has 6 nitrogen and oxygen atoms in total. The molecule has 134 valence electrons. The molecule has 2 amide bonds. The van der Waals surface area contributed by atoms with Crippen molar-refractivity contribution < 1.29 is 14.3 Å². The van der Waals surface area contributed by atoms with Gasteiger partial charge in [-0.2, -0.15) is 0 Å². The molecule has 1 aromatic heterocycles. The van der Waals surface area contributed by atoms with Gasteiger partial charge in [-0.3, -0.25) is 9.59 Å². The highest BCUT2D eigenvalue weighted by molar-refractivity contribution is 7.12. The second-order valence-corrected chi connectivity index (χ2v) is 6.61. The smallest absolute Gasteiger partial charge is 0.265 e. The topological polar surface area (TPSA) is 70.7 Å². The fourth-order valence-corrected chi connectivity index (χ4v) is 2.92. The van der Waals surface area contributed by atoms with Gasteiger partial charge < -0.3 is 20.3 Å². The Hall–Kier alpha value is -2.38. The molecule has 0 saturated heterocycles. The molecule has 0 aliphatic heterocycles. The maximum absolute atomic E-state index is 12.5. The molecule has 0 aliphatic carbocycles. The number of thiophene rings is 1. The van der Waals surface area contributed by atoms with Crippen LogP contribution >= 0.6 is 11.3 Å². The van der Waals surface area contributed by atoms with Crippen molar-refractivity contribution in [3.8, 4) is 0 Å². The number of carbonyl (C=O) groups excluding carboxylic acids is 2. The Labute approximate surface area is 151 Å². The average molecular weight is 361 g/mol. The number of amides is 2. The molecule has 2 rings (SSSR count). The number of nitrogens with one attached hydrogen (secondary N) is 2. The molecule has 0 unspecified atom stereocenters. The number of carbonyl (C=O) groups is 2. The monoisotopic (exact) mass is 361 g/mol. The largest absolute Gasteiger partial charge is 0.385 e. The van der Waals surface area contributed by atoms with Crippen LogP contribution in [-0.2, 0) is 4.74 Å². The van der Waals surface area contributed by atoms with Crippen molar-refractivity contribution in [2.45, 2.75) is 6.42 Å². The molecule has 7 heteroatoms. The molecule has 1 aromatic carbocycles. The summed E-state index contributed by atoms with van der Waals surface area (Å²) in [5.74, 6) is -0.355. The maximum atomic E-state index is 12.5. The molecule has 2 aromatic rings. The summed E-state index contributed by atoms with van der Waals surface area (Å²) in [7, 11) is 5.38. The van der Waals surface area contributed by atoms with Crippen LogP contribution in [0.15, 0.2) is 35.7 Å². The zero-order chi connectivity index (χ0) is 18.2. The Morgan fingerprint density at radius 1 is 1.20 bits per heavy atom. The predicted octanol–water partition coefficient (Wildman–Crippen LogP) is 2.83. The zero-order valence-electron chi connectivity index (χ0n) is 14.7. The quantitative estimate of drug-likeness (QED) is 0.710. The van der Waals surface area contributed by atoms with E-state index >= 15 is 0 Å². The minimum atomic E-state index is -0.181. The summed E-state index contributed by atoms with van der Waals surface area (Å²) >= 11 is 1.37. The van der Waals surface area contributed by atoms with Crippen molar-refractivity contribution in [2.24, 2.45) is 0 Å². The first-order valence-corrected chi connectivity index (χ1v) is 8.84. The Balaban J connectivity index is 2.15. The third-order valence-corrected chi connectivity index (χ3v) is 4.41. The number of methoxy groups -OCH3 is 1. The van der Waals surface area contributed by atoms with E-state index in [0.29, 0.717) is 29.3 Å². The first-order valence-electron chi connectivity index (χ1n) is 7.96. The van der Waals surface area contributed by atoms with Crippen LogP contribution in [0.4, 0.5) is 11.4 Å². The van der Waals surface area contributed by atoms with E-state index in [1.54, 1.807) is 25.3 Å². The minimum absolute atomic E-state index is 0.174. The molecule has 0 saturated carbocycles. The first-order chi connectivity index (χ1) is 12.0. The van der Waals surface area contributed by atoms with Crippen LogP contribution in [-0.4, -0.2) is 46.2 Å². The number of nitrogens with zero attached hydrogens (tertiary/aromatic N) is 1. The fraction of sp³-hybridized carbons (Fsp3) is 0.333. The predicted molar refractivity (Wildman–Crippen MR) is 102 cm³/mol. The van der Waals surface area contributed by atoms with Gasteiger partial charge in [-0.15, -0.1) is 11.3 Å². The van der Waals surface area contributed by atoms with Crippen molar-refractivity contribution in [1.82, 2.24) is 5.32 Å². The molecule has 1 heterocycles. The summed E-state index contributed by atoms with van der Waals surface area (Å²) in [6.45, 7) is 1.13. The lowest BCUT2D eigenvalue weighted by atomic mass is 10.1. The summed E-state index contributed by atoms with van der Waals surface area (Å²) in [6.07, 6.45) is 0.744. The Kier molecular flexibility index (Phi) is 6.97. The standard InChI is InChI=1S/C18H23N3O3S/c1-21(2)15-8-7-13(20-18(23)16-6-4-11-25-16)12-14(15)17(22)19-9-5-10-24-3/h4,6-8,11-12H,5,9-10H2,1-3H3,(H,19,22)(H,20,23). The van der Waals surface area contributed by atoms with E-state index < -0.39 is 0 Å². The van der Waals surface area contributed by atoms with E-state index in [0.717, 1.165) is 12.1 Å². The van der Waals surface area contributed by atoms with Crippen LogP contribution in [0, 0.1) is 0 Å². The van der Waals surface area contributed by atoms with Gasteiger partial charge in [0.1, 0.15) is 0 Å². The Morgan fingerprint density at radius 2 is 2.00 bits per heavy atom. The maximum Gasteiger partial charge on any atom is 0.265 e. The van der Waals surface area contributed by atoms with Crippen molar-refractivity contribution in [1.29, 1.82) is 0 Å². The third kappa shape index (κ3) is 5.30. The average Bonchev–Trinajstić information content (AvgIpc) is 3.13. The SMILES string of the molecule is COCCCNC(=O)c1cc(NC(=O)c2cccs2)ccc1N(C)C. The first kappa shape index (κ1) is 19.0. The van der Waals surface area contributed by atoms with Gasteiger partial charge in [0.2, 0.25) is 0 Å².